The van der Waals surface area contributed by atoms with Gasteiger partial charge in [0.1, 0.15) is 35.2 Å². The molecule has 0 spiro atoms. The summed E-state index contributed by atoms with van der Waals surface area (Å²) in [5.41, 5.74) is 7.31. The molecule has 9 rings (SSSR count). The van der Waals surface area contributed by atoms with Crippen molar-refractivity contribution in [3.05, 3.63) is 34.5 Å². The van der Waals surface area contributed by atoms with Crippen LogP contribution in [-0.4, -0.2) is 102 Å². The van der Waals surface area contributed by atoms with Gasteiger partial charge in [-0.05, 0) is 55.8 Å². The Morgan fingerprint density at radius 1 is 1.16 bits per heavy atom. The van der Waals surface area contributed by atoms with Gasteiger partial charge in [0.15, 0.2) is 11.6 Å². The van der Waals surface area contributed by atoms with Gasteiger partial charge < -0.3 is 24.8 Å². The van der Waals surface area contributed by atoms with E-state index in [1.165, 1.54) is 0 Å². The predicted molar refractivity (Wildman–Crippen MR) is 186 cm³/mol. The molecule has 8 heterocycles. The van der Waals surface area contributed by atoms with Crippen LogP contribution in [0.3, 0.4) is 0 Å². The van der Waals surface area contributed by atoms with Gasteiger partial charge in [0, 0.05) is 56.7 Å². The molecule has 268 valence electrons. The Morgan fingerprint density at radius 2 is 2.02 bits per heavy atom. The minimum absolute atomic E-state index is 0.0231. The Labute approximate surface area is 297 Å². The lowest BCUT2D eigenvalue weighted by Gasteiger charge is -2.34. The molecule has 2 N–H and O–H groups in total. The van der Waals surface area contributed by atoms with E-state index in [0.29, 0.717) is 42.3 Å². The van der Waals surface area contributed by atoms with Gasteiger partial charge in [-0.3, -0.25) is 14.8 Å². The van der Waals surface area contributed by atoms with E-state index < -0.39 is 23.3 Å². The van der Waals surface area contributed by atoms with E-state index in [1.807, 2.05) is 0 Å². The van der Waals surface area contributed by atoms with Crippen LogP contribution >= 0.6 is 11.3 Å². The molecule has 2 bridgehead atoms. The van der Waals surface area contributed by atoms with Gasteiger partial charge in [0.05, 0.1) is 52.9 Å². The molecule has 51 heavy (non-hydrogen) atoms. The van der Waals surface area contributed by atoms with E-state index >= 15 is 8.78 Å². The topological polar surface area (TPSA) is 126 Å². The van der Waals surface area contributed by atoms with Crippen LogP contribution in [0.1, 0.15) is 48.8 Å². The number of pyridine rings is 1. The Balaban J connectivity index is 1.23. The minimum atomic E-state index is -0.928. The van der Waals surface area contributed by atoms with Crippen molar-refractivity contribution in [1.82, 2.24) is 24.8 Å². The molecule has 0 amide bonds. The molecule has 4 saturated heterocycles. The number of nitrogens with zero attached hydrogens (tertiary/aromatic N) is 7. The number of anilines is 2. The van der Waals surface area contributed by atoms with Gasteiger partial charge in [0.2, 0.25) is 0 Å². The molecule has 11 nitrogen and oxygen atoms in total. The number of ether oxygens (including phenoxy) is 3. The number of aromatic nitrogens is 3. The molecule has 0 aliphatic carbocycles. The molecule has 2 unspecified atom stereocenters. The average molecular weight is 721 g/mol. The summed E-state index contributed by atoms with van der Waals surface area (Å²) in [4.78, 5) is 21.0. The molecular weight excluding hydrogens is 682 g/mol. The van der Waals surface area contributed by atoms with Crippen LogP contribution in [0.25, 0.3) is 32.2 Å². The fourth-order valence-electron chi connectivity index (χ4n) is 9.38. The van der Waals surface area contributed by atoms with Gasteiger partial charge in [-0.15, -0.1) is 11.3 Å². The number of thiophene rings is 1. The number of methoxy groups -OCH3 is 1. The molecule has 5 aliphatic heterocycles. The van der Waals surface area contributed by atoms with Crippen molar-refractivity contribution in [3.8, 4) is 23.3 Å². The molecule has 1 aromatic carbocycles. The van der Waals surface area contributed by atoms with Crippen LogP contribution in [0.4, 0.5) is 24.0 Å². The molecule has 4 aromatic rings. The molecule has 3 aromatic heterocycles. The number of nitriles is 1. The van der Waals surface area contributed by atoms with Crippen molar-refractivity contribution in [3.63, 3.8) is 0 Å². The third-order valence-electron chi connectivity index (χ3n) is 11.7. The maximum Gasteiger partial charge on any atom is 0.319 e. The van der Waals surface area contributed by atoms with E-state index in [4.69, 9.17) is 29.9 Å². The first-order chi connectivity index (χ1) is 24.8. The summed E-state index contributed by atoms with van der Waals surface area (Å²) in [7, 11) is 1.71. The lowest BCUT2D eigenvalue weighted by Crippen LogP contribution is -2.44. The molecule has 4 atom stereocenters. The lowest BCUT2D eigenvalue weighted by atomic mass is 9.93. The number of nitrogen functional groups attached to an aromatic ring is 1. The van der Waals surface area contributed by atoms with Crippen molar-refractivity contribution in [2.24, 2.45) is 5.92 Å². The highest BCUT2D eigenvalue weighted by atomic mass is 32.1. The van der Waals surface area contributed by atoms with Crippen molar-refractivity contribution < 1.29 is 27.4 Å². The minimum Gasteiger partial charge on any atom is -0.461 e. The molecular formula is C36H39F3N8O3S. The molecule has 5 aliphatic rings. The van der Waals surface area contributed by atoms with Crippen LogP contribution < -0.4 is 15.4 Å². The molecule has 0 radical (unpaired) electrons. The normalized spacial score (nSPS) is 26.3. The van der Waals surface area contributed by atoms with Crippen molar-refractivity contribution in [2.45, 2.75) is 63.1 Å². The Hall–Kier alpha value is -3.81. The second-order valence-electron chi connectivity index (χ2n) is 14.7. The number of alkyl halides is 1. The summed E-state index contributed by atoms with van der Waals surface area (Å²) in [6.07, 6.45) is 4.26. The summed E-state index contributed by atoms with van der Waals surface area (Å²) in [5.74, 6) is -0.294. The standard InChI is InChI=1S/C36H39F3N8O3S/c1-48-8-7-45-6-3-19-9-21(15-45)47(13-19)34-28-24-17-49-16-23(24)26(30-27-22(11-40)33(41)51-32(27)25(38)12-42-30)29(39)31(28)43-35(44-34)50-18-36-4-2-5-46(36)14-20(37)10-36/h12,19-21H,2-10,13-18,41H2,1H3/t19?,20-,21?,36-/m0/s1. The van der Waals surface area contributed by atoms with Crippen LogP contribution in [-0.2, 0) is 22.7 Å². The van der Waals surface area contributed by atoms with Gasteiger partial charge in [-0.2, -0.15) is 15.2 Å². The van der Waals surface area contributed by atoms with E-state index in [1.54, 1.807) is 7.11 Å². The van der Waals surface area contributed by atoms with Crippen LogP contribution in [0, 0.1) is 28.9 Å². The fraction of sp³-hybridized carbons (Fsp3) is 0.556. The zero-order valence-electron chi connectivity index (χ0n) is 28.4. The zero-order chi connectivity index (χ0) is 35.0. The quantitative estimate of drug-likeness (QED) is 0.259. The van der Waals surface area contributed by atoms with Gasteiger partial charge in [-0.25, -0.2) is 13.2 Å². The number of benzene rings is 1. The summed E-state index contributed by atoms with van der Waals surface area (Å²) in [6, 6.07) is 2.22. The number of nitrogens with two attached hydrogens (primary N) is 1. The Morgan fingerprint density at radius 3 is 2.86 bits per heavy atom. The van der Waals surface area contributed by atoms with Gasteiger partial charge in [-0.1, -0.05) is 0 Å². The van der Waals surface area contributed by atoms with Crippen LogP contribution in [0.2, 0.25) is 0 Å². The number of halogens is 3. The first kappa shape index (κ1) is 33.1. The van der Waals surface area contributed by atoms with E-state index in [0.717, 1.165) is 81.5 Å². The zero-order valence-corrected chi connectivity index (χ0v) is 29.2. The summed E-state index contributed by atoms with van der Waals surface area (Å²) in [6.45, 7) is 5.68. The number of likely N-dealkylation sites (tertiary alicyclic amines) is 1. The highest BCUT2D eigenvalue weighted by Gasteiger charge is 2.49. The van der Waals surface area contributed by atoms with Gasteiger partial charge in [0.25, 0.3) is 0 Å². The van der Waals surface area contributed by atoms with Crippen LogP contribution in [0.5, 0.6) is 6.01 Å². The highest BCUT2D eigenvalue weighted by molar-refractivity contribution is 7.23. The molecule has 0 saturated carbocycles. The highest BCUT2D eigenvalue weighted by Crippen LogP contribution is 2.48. The lowest BCUT2D eigenvalue weighted by molar-refractivity contribution is 0.107. The maximum absolute atomic E-state index is 17.5. The van der Waals surface area contributed by atoms with Crippen LogP contribution in [0.15, 0.2) is 6.20 Å². The van der Waals surface area contributed by atoms with Crippen molar-refractivity contribution in [2.75, 3.05) is 70.2 Å². The number of hydrogen-bond donors (Lipinski definition) is 1. The first-order valence-corrected chi connectivity index (χ1v) is 18.5. The summed E-state index contributed by atoms with van der Waals surface area (Å²) < 4.78 is 65.2. The van der Waals surface area contributed by atoms with E-state index in [-0.39, 0.29) is 69.3 Å². The number of rotatable bonds is 8. The number of fused-ring (bicyclic) bond motifs is 7. The largest absolute Gasteiger partial charge is 0.461 e. The fourth-order valence-corrected chi connectivity index (χ4v) is 10.3. The van der Waals surface area contributed by atoms with E-state index in [2.05, 4.69) is 25.8 Å². The third-order valence-corrected chi connectivity index (χ3v) is 12.8. The van der Waals surface area contributed by atoms with Crippen molar-refractivity contribution >= 4 is 43.1 Å². The summed E-state index contributed by atoms with van der Waals surface area (Å²) in [5, 5.41) is 10.9. The third kappa shape index (κ3) is 5.32. The first-order valence-electron chi connectivity index (χ1n) is 17.7. The monoisotopic (exact) mass is 720 g/mol. The average Bonchev–Trinajstić information content (AvgIpc) is 3.92. The van der Waals surface area contributed by atoms with E-state index in [9.17, 15) is 9.65 Å². The molecule has 4 fully saturated rings. The number of hydrogen-bond acceptors (Lipinski definition) is 12. The SMILES string of the molecule is COCCN1CCC2CC(C1)N(c1nc(OC[C@@]34CCCN3C[C@@H](F)C4)nc3c(F)c(-c4ncc(F)c5sc(N)c(C#N)c45)c4c(c13)COC4)C2. The second kappa shape index (κ2) is 12.7. The van der Waals surface area contributed by atoms with Gasteiger partial charge >= 0.3 is 6.01 Å². The maximum atomic E-state index is 17.5. The summed E-state index contributed by atoms with van der Waals surface area (Å²) >= 11 is 0.936. The predicted octanol–water partition coefficient (Wildman–Crippen LogP) is 5.17. The van der Waals surface area contributed by atoms with Crippen molar-refractivity contribution in [1.29, 1.82) is 5.26 Å². The second-order valence-corrected chi connectivity index (χ2v) is 15.7. The molecule has 15 heteroatoms. The Bertz CT molecular complexity index is 2090. The smallest absolute Gasteiger partial charge is 0.319 e. The Kier molecular flexibility index (Phi) is 8.23.